The Morgan fingerprint density at radius 2 is 1.89 bits per heavy atom. The molecule has 1 aromatic carbocycles. The number of ether oxygens (including phenoxy) is 1. The number of hydrogen-bond donors (Lipinski definition) is 0. The summed E-state index contributed by atoms with van der Waals surface area (Å²) >= 11 is 0. The first-order valence-electron chi connectivity index (χ1n) is 9.70. The molecule has 1 unspecified atom stereocenters. The van der Waals surface area contributed by atoms with E-state index in [1.807, 2.05) is 62.3 Å². The van der Waals surface area contributed by atoms with Crippen LogP contribution in [0.4, 0.5) is 5.69 Å². The van der Waals surface area contributed by atoms with Crippen molar-refractivity contribution in [3.05, 3.63) is 47.8 Å². The van der Waals surface area contributed by atoms with Crippen molar-refractivity contribution in [3.8, 4) is 11.5 Å². The first-order valence-corrected chi connectivity index (χ1v) is 11.3. The van der Waals surface area contributed by atoms with E-state index in [2.05, 4.69) is 4.98 Å². The zero-order valence-electron chi connectivity index (χ0n) is 17.1. The number of benzene rings is 1. The van der Waals surface area contributed by atoms with E-state index in [4.69, 9.17) is 4.74 Å². The Balaban J connectivity index is 1.79. The molecule has 0 aliphatic carbocycles. The van der Waals surface area contributed by atoms with Crippen LogP contribution in [0.15, 0.2) is 36.4 Å². The number of sulfonamides is 1. The van der Waals surface area contributed by atoms with Crippen LogP contribution in [0.2, 0.25) is 0 Å². The lowest BCUT2D eigenvalue weighted by Gasteiger charge is -2.31. The maximum absolute atomic E-state index is 12.3. The maximum Gasteiger partial charge on any atom is 0.213 e. The minimum atomic E-state index is -3.17. The molecule has 0 radical (unpaired) electrons. The van der Waals surface area contributed by atoms with E-state index in [9.17, 15) is 8.42 Å². The van der Waals surface area contributed by atoms with Crippen LogP contribution in [0.3, 0.4) is 0 Å². The highest BCUT2D eigenvalue weighted by molar-refractivity contribution is 7.89. The number of hydrogen-bond acceptors (Lipinski definition) is 5. The van der Waals surface area contributed by atoms with E-state index in [0.29, 0.717) is 13.1 Å². The molecule has 1 saturated heterocycles. The van der Waals surface area contributed by atoms with E-state index >= 15 is 0 Å². The molecule has 0 spiro atoms. The molecule has 1 aromatic heterocycles. The lowest BCUT2D eigenvalue weighted by Crippen LogP contribution is -2.40. The van der Waals surface area contributed by atoms with Gasteiger partial charge in [-0.05, 0) is 51.0 Å². The van der Waals surface area contributed by atoms with Crippen LogP contribution in [0.25, 0.3) is 0 Å². The number of nitrogens with zero attached hydrogens (tertiary/aromatic N) is 3. The number of rotatable bonds is 6. The largest absolute Gasteiger partial charge is 0.457 e. The second-order valence-electron chi connectivity index (χ2n) is 7.46. The zero-order chi connectivity index (χ0) is 20.3. The van der Waals surface area contributed by atoms with Gasteiger partial charge in [0.05, 0.1) is 5.75 Å². The van der Waals surface area contributed by atoms with Gasteiger partial charge in [-0.2, -0.15) is 0 Å². The Hall–Kier alpha value is -2.12. The Bertz CT molecular complexity index is 911. The molecule has 0 N–H and O–H groups in total. The van der Waals surface area contributed by atoms with Crippen molar-refractivity contribution in [3.63, 3.8) is 0 Å². The predicted octanol–water partition coefficient (Wildman–Crippen LogP) is 3.78. The number of aromatic nitrogens is 1. The number of anilines is 1. The van der Waals surface area contributed by atoms with E-state index in [1.165, 1.54) is 0 Å². The maximum atomic E-state index is 12.3. The van der Waals surface area contributed by atoms with Gasteiger partial charge in [0.2, 0.25) is 10.0 Å². The van der Waals surface area contributed by atoms with Crippen molar-refractivity contribution < 1.29 is 13.2 Å². The minimum Gasteiger partial charge on any atom is -0.457 e. The normalized spacial score (nSPS) is 18.1. The molecule has 3 rings (SSSR count). The third-order valence-electron chi connectivity index (χ3n) is 5.10. The van der Waals surface area contributed by atoms with Crippen molar-refractivity contribution in [1.82, 2.24) is 9.29 Å². The molecular weight excluding hydrogens is 374 g/mol. The van der Waals surface area contributed by atoms with E-state index in [-0.39, 0.29) is 11.7 Å². The third-order valence-corrected chi connectivity index (χ3v) is 6.94. The van der Waals surface area contributed by atoms with E-state index < -0.39 is 10.0 Å². The fourth-order valence-electron chi connectivity index (χ4n) is 3.50. The summed E-state index contributed by atoms with van der Waals surface area (Å²) < 4.78 is 32.2. The summed E-state index contributed by atoms with van der Waals surface area (Å²) in [5, 5.41) is 0. The monoisotopic (exact) mass is 403 g/mol. The van der Waals surface area contributed by atoms with Crippen molar-refractivity contribution in [1.29, 1.82) is 0 Å². The molecular formula is C21H29N3O3S. The molecule has 0 amide bonds. The molecule has 28 heavy (non-hydrogen) atoms. The average Bonchev–Trinajstić information content (AvgIpc) is 2.68. The topological polar surface area (TPSA) is 62.7 Å². The van der Waals surface area contributed by atoms with Crippen LogP contribution in [0.1, 0.15) is 37.1 Å². The predicted molar refractivity (Wildman–Crippen MR) is 113 cm³/mol. The molecule has 6 nitrogen and oxygen atoms in total. The number of aryl methyl sites for hydroxylation is 1. The van der Waals surface area contributed by atoms with Gasteiger partial charge in [0.15, 0.2) is 0 Å². The Morgan fingerprint density at radius 3 is 2.54 bits per heavy atom. The number of pyridine rings is 1. The van der Waals surface area contributed by atoms with Crippen molar-refractivity contribution >= 4 is 15.7 Å². The zero-order valence-corrected chi connectivity index (χ0v) is 17.9. The highest BCUT2D eigenvalue weighted by atomic mass is 32.2. The molecule has 0 bridgehead atoms. The second kappa shape index (κ2) is 8.49. The molecule has 2 heterocycles. The van der Waals surface area contributed by atoms with Gasteiger partial charge < -0.3 is 9.64 Å². The highest BCUT2D eigenvalue weighted by Gasteiger charge is 2.29. The summed E-state index contributed by atoms with van der Waals surface area (Å²) in [4.78, 5) is 6.71. The van der Waals surface area contributed by atoms with Gasteiger partial charge in [-0.25, -0.2) is 12.7 Å². The van der Waals surface area contributed by atoms with Gasteiger partial charge in [0.25, 0.3) is 0 Å². The summed E-state index contributed by atoms with van der Waals surface area (Å²) in [5.74, 6) is 1.73. The summed E-state index contributed by atoms with van der Waals surface area (Å²) in [6, 6.07) is 11.8. The molecule has 2 aromatic rings. The average molecular weight is 404 g/mol. The smallest absolute Gasteiger partial charge is 0.213 e. The lowest BCUT2D eigenvalue weighted by molar-refractivity contribution is 0.312. The van der Waals surface area contributed by atoms with Crippen LogP contribution in [-0.4, -0.2) is 50.6 Å². The van der Waals surface area contributed by atoms with Crippen LogP contribution in [0.5, 0.6) is 11.5 Å². The van der Waals surface area contributed by atoms with Crippen molar-refractivity contribution in [2.75, 3.05) is 37.8 Å². The van der Waals surface area contributed by atoms with Crippen LogP contribution in [0, 0.1) is 6.92 Å². The van der Waals surface area contributed by atoms with Gasteiger partial charge in [0, 0.05) is 62.3 Å². The molecule has 1 aliphatic rings. The van der Waals surface area contributed by atoms with Gasteiger partial charge in [-0.3, -0.25) is 4.98 Å². The third kappa shape index (κ3) is 4.83. The summed E-state index contributed by atoms with van der Waals surface area (Å²) in [6.07, 6.45) is 1.78. The summed E-state index contributed by atoms with van der Waals surface area (Å²) in [7, 11) is 0.829. The fourth-order valence-corrected chi connectivity index (χ4v) is 4.68. The lowest BCUT2D eigenvalue weighted by atomic mass is 9.95. The molecule has 152 valence electrons. The molecule has 1 atom stereocenters. The highest BCUT2D eigenvalue weighted by Crippen LogP contribution is 2.31. The fraction of sp³-hybridized carbons (Fsp3) is 0.476. The first kappa shape index (κ1) is 20.6. The SMILES string of the molecule is CCS(=O)(=O)N1CCCC(c2cc(Oc3ccc(N(C)C)cc3)cc(C)n2)C1. The van der Waals surface area contributed by atoms with Gasteiger partial charge in [-0.15, -0.1) is 0 Å². The van der Waals surface area contributed by atoms with Gasteiger partial charge in [0.1, 0.15) is 11.5 Å². The molecule has 1 fully saturated rings. The van der Waals surface area contributed by atoms with Crippen LogP contribution >= 0.6 is 0 Å². The number of piperidine rings is 1. The van der Waals surface area contributed by atoms with Gasteiger partial charge in [-0.1, -0.05) is 0 Å². The van der Waals surface area contributed by atoms with E-state index in [1.54, 1.807) is 11.2 Å². The van der Waals surface area contributed by atoms with Crippen LogP contribution < -0.4 is 9.64 Å². The molecule has 0 saturated carbocycles. The quantitative estimate of drug-likeness (QED) is 0.735. The van der Waals surface area contributed by atoms with Crippen molar-refractivity contribution in [2.24, 2.45) is 0 Å². The van der Waals surface area contributed by atoms with Crippen LogP contribution in [-0.2, 0) is 10.0 Å². The Morgan fingerprint density at radius 1 is 1.18 bits per heavy atom. The summed E-state index contributed by atoms with van der Waals surface area (Å²) in [5.41, 5.74) is 2.88. The summed E-state index contributed by atoms with van der Waals surface area (Å²) in [6.45, 7) is 4.72. The first-order chi connectivity index (χ1) is 13.3. The molecule has 1 aliphatic heterocycles. The van der Waals surface area contributed by atoms with E-state index in [0.717, 1.165) is 41.4 Å². The Labute approximate surface area is 168 Å². The standard InChI is InChI=1S/C21H29N3O3S/c1-5-28(25,26)24-12-6-7-17(15-24)21-14-20(13-16(2)22-21)27-19-10-8-18(9-11-19)23(3)4/h8-11,13-14,17H,5-7,12,15H2,1-4H3. The Kier molecular flexibility index (Phi) is 6.25. The molecule has 7 heteroatoms. The second-order valence-corrected chi connectivity index (χ2v) is 9.71. The van der Waals surface area contributed by atoms with Gasteiger partial charge >= 0.3 is 0 Å². The van der Waals surface area contributed by atoms with Crippen molar-refractivity contribution in [2.45, 2.75) is 32.6 Å². The minimum absolute atomic E-state index is 0.0911.